The van der Waals surface area contributed by atoms with Gasteiger partial charge in [-0.05, 0) is 36.3 Å². The third-order valence-corrected chi connectivity index (χ3v) is 5.46. The lowest BCUT2D eigenvalue weighted by molar-refractivity contribution is 0.101. The number of nitrogens with two attached hydrogens (primary N) is 1. The maximum Gasteiger partial charge on any atom is 0.159 e. The van der Waals surface area contributed by atoms with Crippen LogP contribution in [0.25, 0.3) is 5.57 Å². The minimum absolute atomic E-state index is 0.0554. The molecule has 1 aliphatic rings. The molecule has 2 rings (SSSR count). The first-order valence-corrected chi connectivity index (χ1v) is 8.49. The molecule has 1 aliphatic carbocycles. The van der Waals surface area contributed by atoms with Crippen LogP contribution in [0.5, 0.6) is 0 Å². The molecule has 1 atom stereocenters. The van der Waals surface area contributed by atoms with Crippen molar-refractivity contribution in [2.45, 2.75) is 47.5 Å². The lowest BCUT2D eigenvalue weighted by atomic mass is 9.58. The van der Waals surface area contributed by atoms with Gasteiger partial charge in [-0.25, -0.2) is 0 Å². The lowest BCUT2D eigenvalue weighted by Gasteiger charge is -2.46. The van der Waals surface area contributed by atoms with Gasteiger partial charge in [-0.1, -0.05) is 69.7 Å². The number of Topliss-reactive ketones (excluding diaryl/α,β-unsaturated/α-hetero) is 1. The Labute approximate surface area is 140 Å². The number of hydrogen-bond acceptors (Lipinski definition) is 2. The summed E-state index contributed by atoms with van der Waals surface area (Å²) < 4.78 is 0. The number of hydrogen-bond donors (Lipinski definition) is 1. The smallest absolute Gasteiger partial charge is 0.159 e. The summed E-state index contributed by atoms with van der Waals surface area (Å²) >= 11 is 0. The first-order valence-electron chi connectivity index (χ1n) is 8.49. The molecular weight excluding hydrogens is 282 g/mol. The van der Waals surface area contributed by atoms with Crippen molar-refractivity contribution in [2.75, 3.05) is 6.54 Å². The largest absolute Gasteiger partial charge is 0.327 e. The van der Waals surface area contributed by atoms with Crippen LogP contribution in [0.15, 0.2) is 42.0 Å². The van der Waals surface area contributed by atoms with Crippen molar-refractivity contribution in [2.24, 2.45) is 16.6 Å². The standard InChI is InChI=1S/C21H29NO/c1-6-21(5)13-11-18(20(3,4)19(21)12-14-22)17-9-7-16(8-10-17)15(2)23/h7-12H,6,13-14,22H2,1-5H3/b19-12-. The summed E-state index contributed by atoms with van der Waals surface area (Å²) in [5.41, 5.74) is 10.7. The summed E-state index contributed by atoms with van der Waals surface area (Å²) in [6.07, 6.45) is 6.72. The van der Waals surface area contributed by atoms with E-state index < -0.39 is 0 Å². The quantitative estimate of drug-likeness (QED) is 0.628. The Morgan fingerprint density at radius 2 is 1.83 bits per heavy atom. The molecule has 2 N–H and O–H groups in total. The molecule has 0 fully saturated rings. The third-order valence-electron chi connectivity index (χ3n) is 5.46. The molecule has 1 aromatic carbocycles. The van der Waals surface area contributed by atoms with Crippen LogP contribution in [0.2, 0.25) is 0 Å². The predicted molar refractivity (Wildman–Crippen MR) is 98.4 cm³/mol. The molecule has 2 nitrogen and oxygen atoms in total. The minimum atomic E-state index is -0.0554. The minimum Gasteiger partial charge on any atom is -0.327 e. The fourth-order valence-electron chi connectivity index (χ4n) is 3.91. The fourth-order valence-corrected chi connectivity index (χ4v) is 3.91. The maximum atomic E-state index is 11.5. The topological polar surface area (TPSA) is 43.1 Å². The van der Waals surface area contributed by atoms with E-state index >= 15 is 0 Å². The second-order valence-corrected chi connectivity index (χ2v) is 7.35. The summed E-state index contributed by atoms with van der Waals surface area (Å²) in [7, 11) is 0. The summed E-state index contributed by atoms with van der Waals surface area (Å²) in [6.45, 7) is 11.3. The van der Waals surface area contributed by atoms with Crippen molar-refractivity contribution >= 4 is 11.4 Å². The van der Waals surface area contributed by atoms with Crippen LogP contribution >= 0.6 is 0 Å². The predicted octanol–water partition coefficient (Wildman–Crippen LogP) is 5.00. The van der Waals surface area contributed by atoms with Crippen LogP contribution in [0, 0.1) is 10.8 Å². The number of rotatable bonds is 4. The summed E-state index contributed by atoms with van der Waals surface area (Å²) in [6, 6.07) is 7.99. The van der Waals surface area contributed by atoms with Crippen molar-refractivity contribution < 1.29 is 4.79 Å². The van der Waals surface area contributed by atoms with Crippen LogP contribution < -0.4 is 5.73 Å². The summed E-state index contributed by atoms with van der Waals surface area (Å²) in [5, 5.41) is 0. The average molecular weight is 311 g/mol. The Morgan fingerprint density at radius 1 is 1.22 bits per heavy atom. The van der Waals surface area contributed by atoms with Crippen LogP contribution in [0.3, 0.4) is 0 Å². The Hall–Kier alpha value is -1.67. The van der Waals surface area contributed by atoms with E-state index in [0.29, 0.717) is 6.54 Å². The highest BCUT2D eigenvalue weighted by Gasteiger charge is 2.42. The molecule has 0 saturated carbocycles. The SMILES string of the molecule is CCC1(C)CC=C(c2ccc(C(C)=O)cc2)C(C)(C)/C1=C/CN. The first kappa shape index (κ1) is 17.7. The zero-order valence-corrected chi connectivity index (χ0v) is 15.1. The number of carbonyl (C=O) groups excluding carboxylic acids is 1. The van der Waals surface area contributed by atoms with E-state index in [-0.39, 0.29) is 16.6 Å². The van der Waals surface area contributed by atoms with E-state index in [4.69, 9.17) is 5.73 Å². The zero-order chi connectivity index (χ0) is 17.3. The lowest BCUT2D eigenvalue weighted by Crippen LogP contribution is -2.34. The van der Waals surface area contributed by atoms with E-state index in [1.54, 1.807) is 6.92 Å². The van der Waals surface area contributed by atoms with Crippen molar-refractivity contribution in [3.05, 3.63) is 53.1 Å². The van der Waals surface area contributed by atoms with Crippen LogP contribution in [-0.2, 0) is 0 Å². The Kier molecular flexibility index (Phi) is 4.95. The van der Waals surface area contributed by atoms with Crippen molar-refractivity contribution in [1.82, 2.24) is 0 Å². The molecule has 1 unspecified atom stereocenters. The van der Waals surface area contributed by atoms with Gasteiger partial charge in [0.25, 0.3) is 0 Å². The Bertz CT molecular complexity index is 649. The Morgan fingerprint density at radius 3 is 2.30 bits per heavy atom. The van der Waals surface area contributed by atoms with Gasteiger partial charge in [-0.3, -0.25) is 4.79 Å². The molecule has 0 aliphatic heterocycles. The van der Waals surface area contributed by atoms with Gasteiger partial charge in [0.15, 0.2) is 5.78 Å². The molecule has 2 heteroatoms. The number of benzene rings is 1. The van der Waals surface area contributed by atoms with Crippen molar-refractivity contribution in [1.29, 1.82) is 0 Å². The fraction of sp³-hybridized carbons (Fsp3) is 0.476. The first-order chi connectivity index (χ1) is 10.8. The highest BCUT2D eigenvalue weighted by atomic mass is 16.1. The summed E-state index contributed by atoms with van der Waals surface area (Å²) in [5.74, 6) is 0.107. The van der Waals surface area contributed by atoms with Gasteiger partial charge >= 0.3 is 0 Å². The molecular formula is C21H29NO. The van der Waals surface area contributed by atoms with Crippen LogP contribution in [0.1, 0.15) is 63.4 Å². The highest BCUT2D eigenvalue weighted by molar-refractivity contribution is 5.94. The van der Waals surface area contributed by atoms with Gasteiger partial charge in [-0.2, -0.15) is 0 Å². The van der Waals surface area contributed by atoms with Gasteiger partial charge in [0, 0.05) is 17.5 Å². The van der Waals surface area contributed by atoms with Gasteiger partial charge in [0.1, 0.15) is 0 Å². The van der Waals surface area contributed by atoms with E-state index in [1.165, 1.54) is 16.7 Å². The van der Waals surface area contributed by atoms with Gasteiger partial charge in [-0.15, -0.1) is 0 Å². The maximum absolute atomic E-state index is 11.5. The van der Waals surface area contributed by atoms with Gasteiger partial charge in [0.05, 0.1) is 0 Å². The molecule has 124 valence electrons. The molecule has 0 aromatic heterocycles. The van der Waals surface area contributed by atoms with Gasteiger partial charge < -0.3 is 5.73 Å². The summed E-state index contributed by atoms with van der Waals surface area (Å²) in [4.78, 5) is 11.5. The van der Waals surface area contributed by atoms with Crippen molar-refractivity contribution in [3.8, 4) is 0 Å². The molecule has 0 spiro atoms. The Balaban J connectivity index is 2.51. The highest BCUT2D eigenvalue weighted by Crippen LogP contribution is 2.55. The average Bonchev–Trinajstić information content (AvgIpc) is 2.51. The normalized spacial score (nSPS) is 25.3. The van der Waals surface area contributed by atoms with Crippen LogP contribution in [-0.4, -0.2) is 12.3 Å². The van der Waals surface area contributed by atoms with E-state index in [9.17, 15) is 4.79 Å². The van der Waals surface area contributed by atoms with E-state index in [2.05, 4.69) is 52.0 Å². The molecule has 0 bridgehead atoms. The molecule has 0 saturated heterocycles. The number of ketones is 1. The van der Waals surface area contributed by atoms with Crippen LogP contribution in [0.4, 0.5) is 0 Å². The molecule has 23 heavy (non-hydrogen) atoms. The van der Waals surface area contributed by atoms with Crippen molar-refractivity contribution in [3.63, 3.8) is 0 Å². The molecule has 0 radical (unpaired) electrons. The zero-order valence-electron chi connectivity index (χ0n) is 15.1. The monoisotopic (exact) mass is 311 g/mol. The third kappa shape index (κ3) is 3.18. The second-order valence-electron chi connectivity index (χ2n) is 7.35. The second kappa shape index (κ2) is 6.45. The molecule has 0 amide bonds. The number of carbonyl (C=O) groups is 1. The van der Waals surface area contributed by atoms with Gasteiger partial charge in [0.2, 0.25) is 0 Å². The molecule has 0 heterocycles. The number of allylic oxidation sites excluding steroid dienone is 3. The van der Waals surface area contributed by atoms with E-state index in [0.717, 1.165) is 18.4 Å². The molecule has 1 aromatic rings. The van der Waals surface area contributed by atoms with E-state index in [1.807, 2.05) is 12.1 Å².